The van der Waals surface area contributed by atoms with Crippen LogP contribution in [0.5, 0.6) is 0 Å². The average molecular weight is 1210 g/mol. The van der Waals surface area contributed by atoms with E-state index in [1.54, 1.807) is 0 Å². The molecule has 0 spiro atoms. The minimum atomic E-state index is -1.78. The number of aliphatic hydroxyl groups is 8. The van der Waals surface area contributed by atoms with Crippen LogP contribution in [0.15, 0.2) is 48.6 Å². The minimum absolute atomic E-state index is 0.202. The van der Waals surface area contributed by atoms with Gasteiger partial charge in [0.05, 0.1) is 32.0 Å². The molecule has 14 heteroatoms. The van der Waals surface area contributed by atoms with Crippen molar-refractivity contribution >= 4 is 5.91 Å². The first-order chi connectivity index (χ1) is 41.6. The highest BCUT2D eigenvalue weighted by Gasteiger charge is 2.51. The van der Waals surface area contributed by atoms with Crippen molar-refractivity contribution in [2.75, 3.05) is 19.8 Å². The summed E-state index contributed by atoms with van der Waals surface area (Å²) >= 11 is 0. The maximum absolute atomic E-state index is 13.3. The van der Waals surface area contributed by atoms with Crippen molar-refractivity contribution in [1.29, 1.82) is 0 Å². The molecule has 12 atom stereocenters. The molecule has 0 radical (unpaired) electrons. The standard InChI is InChI=1S/C71H131NO13/c1-3-5-7-9-11-13-15-17-19-21-23-24-25-26-27-28-29-30-31-32-33-34-35-36-37-39-41-43-45-47-49-51-53-55-63(76)72-59(60(75)54-52-50-48-46-44-42-40-38-22-20-18-16-14-12-10-8-6-4-2)58-82-70-68(81)66(79)69(62(57-74)84-70)85-71-67(80)65(78)64(77)61(56-73)83-71/h5,7,11,13,17,19,23-24,59-62,64-71,73-75,77-81H,3-4,6,8-10,12,14-16,18,20-22,25-58H2,1-2H3,(H,72,76)/b7-5-,13-11-,19-17-,24-23-. The molecule has 2 aliphatic rings. The summed E-state index contributed by atoms with van der Waals surface area (Å²) in [4.78, 5) is 13.3. The smallest absolute Gasteiger partial charge is 0.220 e. The fourth-order valence-corrected chi connectivity index (χ4v) is 11.7. The quantitative estimate of drug-likeness (QED) is 0.0204. The van der Waals surface area contributed by atoms with Gasteiger partial charge in [0.25, 0.3) is 0 Å². The first-order valence-electron chi connectivity index (χ1n) is 35.4. The summed E-state index contributed by atoms with van der Waals surface area (Å²) in [6.45, 7) is 2.79. The van der Waals surface area contributed by atoms with Gasteiger partial charge in [0, 0.05) is 6.42 Å². The summed E-state index contributed by atoms with van der Waals surface area (Å²) in [6.07, 6.45) is 55.6. The lowest BCUT2D eigenvalue weighted by molar-refractivity contribution is -0.359. The molecule has 9 N–H and O–H groups in total. The van der Waals surface area contributed by atoms with Gasteiger partial charge >= 0.3 is 0 Å². The zero-order valence-corrected chi connectivity index (χ0v) is 54.1. The van der Waals surface area contributed by atoms with Gasteiger partial charge in [-0.3, -0.25) is 4.79 Å². The molecule has 0 saturated carbocycles. The summed E-state index contributed by atoms with van der Waals surface area (Å²) < 4.78 is 22.9. The summed E-state index contributed by atoms with van der Waals surface area (Å²) in [5.41, 5.74) is 0. The van der Waals surface area contributed by atoms with Crippen LogP contribution in [0, 0.1) is 0 Å². The second-order valence-corrected chi connectivity index (χ2v) is 25.0. The highest BCUT2D eigenvalue weighted by Crippen LogP contribution is 2.30. The highest BCUT2D eigenvalue weighted by molar-refractivity contribution is 5.76. The SMILES string of the molecule is CC/C=C\C/C=C\C/C=C\C/C=C\CCCCCCCCCCCCCCCCCCCCCCC(=O)NC(COC1OC(CO)C(OC2OC(CO)C(O)C(O)C2O)C(O)C1O)C(O)CCCCCCCCCCCCCCCCCCCC. The number of ether oxygens (including phenoxy) is 4. The van der Waals surface area contributed by atoms with Crippen LogP contribution in [-0.2, 0) is 23.7 Å². The number of carbonyl (C=O) groups is 1. The Morgan fingerprint density at radius 1 is 0.435 bits per heavy atom. The van der Waals surface area contributed by atoms with Crippen LogP contribution < -0.4 is 5.32 Å². The van der Waals surface area contributed by atoms with Crippen molar-refractivity contribution in [2.24, 2.45) is 0 Å². The van der Waals surface area contributed by atoms with Crippen LogP contribution in [0.3, 0.4) is 0 Å². The molecule has 498 valence electrons. The van der Waals surface area contributed by atoms with Crippen LogP contribution >= 0.6 is 0 Å². The molecule has 0 aromatic carbocycles. The van der Waals surface area contributed by atoms with Gasteiger partial charge in [-0.2, -0.15) is 0 Å². The monoisotopic (exact) mass is 1210 g/mol. The Morgan fingerprint density at radius 2 is 0.812 bits per heavy atom. The van der Waals surface area contributed by atoms with Gasteiger partial charge in [-0.1, -0.05) is 294 Å². The largest absolute Gasteiger partial charge is 0.394 e. The Morgan fingerprint density at radius 3 is 1.25 bits per heavy atom. The molecule has 0 aliphatic carbocycles. The number of hydrogen-bond acceptors (Lipinski definition) is 13. The normalized spacial score (nSPS) is 23.8. The van der Waals surface area contributed by atoms with Gasteiger partial charge in [-0.25, -0.2) is 0 Å². The highest BCUT2D eigenvalue weighted by atomic mass is 16.7. The molecule has 0 bridgehead atoms. The van der Waals surface area contributed by atoms with Gasteiger partial charge < -0.3 is 65.1 Å². The van der Waals surface area contributed by atoms with E-state index in [-0.39, 0.29) is 12.5 Å². The summed E-state index contributed by atoms with van der Waals surface area (Å²) in [6, 6.07) is -0.828. The number of carbonyl (C=O) groups excluding carboxylic acids is 1. The van der Waals surface area contributed by atoms with Crippen molar-refractivity contribution in [3.8, 4) is 0 Å². The molecule has 1 amide bonds. The lowest BCUT2D eigenvalue weighted by Gasteiger charge is -2.46. The molecule has 0 aromatic rings. The number of unbranched alkanes of at least 4 members (excludes halogenated alkanes) is 37. The third kappa shape index (κ3) is 40.3. The maximum Gasteiger partial charge on any atom is 0.220 e. The van der Waals surface area contributed by atoms with Crippen molar-refractivity contribution < 1.29 is 64.6 Å². The average Bonchev–Trinajstić information content (AvgIpc) is 3.29. The molecule has 14 nitrogen and oxygen atoms in total. The van der Waals surface area contributed by atoms with E-state index in [1.807, 2.05) is 0 Å². The number of rotatable bonds is 58. The minimum Gasteiger partial charge on any atom is -0.394 e. The molecule has 2 fully saturated rings. The van der Waals surface area contributed by atoms with Crippen LogP contribution in [-0.4, -0.2) is 140 Å². The third-order valence-electron chi connectivity index (χ3n) is 17.3. The lowest BCUT2D eigenvalue weighted by Crippen LogP contribution is -2.65. The zero-order chi connectivity index (χ0) is 61.6. The van der Waals surface area contributed by atoms with Crippen LogP contribution in [0.25, 0.3) is 0 Å². The number of nitrogens with one attached hydrogen (secondary N) is 1. The van der Waals surface area contributed by atoms with Gasteiger partial charge in [0.1, 0.15) is 48.8 Å². The van der Waals surface area contributed by atoms with Gasteiger partial charge in [0.2, 0.25) is 5.91 Å². The number of hydrogen-bond donors (Lipinski definition) is 9. The Labute approximate surface area is 518 Å². The van der Waals surface area contributed by atoms with Gasteiger partial charge in [0.15, 0.2) is 12.6 Å². The topological polar surface area (TPSA) is 228 Å². The zero-order valence-electron chi connectivity index (χ0n) is 54.1. The van der Waals surface area contributed by atoms with E-state index in [1.165, 1.54) is 199 Å². The van der Waals surface area contributed by atoms with Crippen molar-refractivity contribution in [1.82, 2.24) is 5.32 Å². The Bertz CT molecular complexity index is 1610. The molecular weight excluding hydrogens is 1070 g/mol. The van der Waals surface area contributed by atoms with Crippen molar-refractivity contribution in [3.63, 3.8) is 0 Å². The number of allylic oxidation sites excluding steroid dienone is 8. The molecule has 2 aliphatic heterocycles. The van der Waals surface area contributed by atoms with E-state index in [2.05, 4.69) is 67.8 Å². The van der Waals surface area contributed by atoms with Gasteiger partial charge in [-0.05, 0) is 51.4 Å². The molecule has 2 saturated heterocycles. The van der Waals surface area contributed by atoms with Crippen LogP contribution in [0.4, 0.5) is 0 Å². The number of amides is 1. The molecule has 2 rings (SSSR count). The van der Waals surface area contributed by atoms with E-state index in [0.29, 0.717) is 12.8 Å². The Kier molecular flexibility index (Phi) is 52.1. The van der Waals surface area contributed by atoms with Gasteiger partial charge in [-0.15, -0.1) is 0 Å². The van der Waals surface area contributed by atoms with E-state index in [4.69, 9.17) is 18.9 Å². The third-order valence-corrected chi connectivity index (χ3v) is 17.3. The van der Waals surface area contributed by atoms with E-state index in [9.17, 15) is 45.6 Å². The molecule has 85 heavy (non-hydrogen) atoms. The number of aliphatic hydroxyl groups excluding tert-OH is 8. The van der Waals surface area contributed by atoms with Crippen LogP contribution in [0.2, 0.25) is 0 Å². The predicted octanol–water partition coefficient (Wildman–Crippen LogP) is 14.3. The fraction of sp³-hybridized carbons (Fsp3) is 0.873. The summed E-state index contributed by atoms with van der Waals surface area (Å²) in [5.74, 6) is -0.202. The first kappa shape index (κ1) is 79.0. The van der Waals surface area contributed by atoms with Crippen molar-refractivity contribution in [2.45, 2.75) is 376 Å². The van der Waals surface area contributed by atoms with E-state index in [0.717, 1.165) is 77.0 Å². The van der Waals surface area contributed by atoms with E-state index >= 15 is 0 Å². The van der Waals surface area contributed by atoms with E-state index < -0.39 is 86.8 Å². The molecule has 2 heterocycles. The molecule has 12 unspecified atom stereocenters. The van der Waals surface area contributed by atoms with Crippen LogP contribution in [0.1, 0.15) is 303 Å². The van der Waals surface area contributed by atoms with Crippen molar-refractivity contribution in [3.05, 3.63) is 48.6 Å². The lowest BCUT2D eigenvalue weighted by atomic mass is 9.97. The summed E-state index contributed by atoms with van der Waals surface area (Å²) in [5, 5.41) is 87.6. The predicted molar refractivity (Wildman–Crippen MR) is 346 cm³/mol. The Hall–Kier alpha value is -2.05. The molecular formula is C71H131NO13. The summed E-state index contributed by atoms with van der Waals surface area (Å²) in [7, 11) is 0. The second kappa shape index (κ2) is 56.0. The fourth-order valence-electron chi connectivity index (χ4n) is 11.7. The Balaban J connectivity index is 1.62. The first-order valence-corrected chi connectivity index (χ1v) is 35.4. The maximum atomic E-state index is 13.3. The molecule has 0 aromatic heterocycles. The second-order valence-electron chi connectivity index (χ2n) is 25.0.